The highest BCUT2D eigenvalue weighted by molar-refractivity contribution is 6.45. The Bertz CT molecular complexity index is 941. The van der Waals surface area contributed by atoms with Crippen molar-refractivity contribution in [3.8, 4) is 5.75 Å². The number of para-hydroxylation sites is 1. The summed E-state index contributed by atoms with van der Waals surface area (Å²) in [6, 6.07) is 15.0. The van der Waals surface area contributed by atoms with Crippen LogP contribution < -0.4 is 9.64 Å². The van der Waals surface area contributed by atoms with E-state index in [4.69, 9.17) is 4.74 Å². The number of carbonyl (C=O) groups is 2. The summed E-state index contributed by atoms with van der Waals surface area (Å²) in [5.41, 5.74) is 3.36. The summed E-state index contributed by atoms with van der Waals surface area (Å²) in [5.74, 6) is 0.0521. The van der Waals surface area contributed by atoms with E-state index in [1.54, 1.807) is 7.11 Å². The summed E-state index contributed by atoms with van der Waals surface area (Å²) in [7, 11) is 1.58. The van der Waals surface area contributed by atoms with E-state index in [-0.39, 0.29) is 11.8 Å². The fourth-order valence-electron chi connectivity index (χ4n) is 3.96. The Balaban J connectivity index is 1.83. The summed E-state index contributed by atoms with van der Waals surface area (Å²) < 4.78 is 5.49. The van der Waals surface area contributed by atoms with E-state index < -0.39 is 0 Å². The number of hydrogen-bond donors (Lipinski definition) is 0. The van der Waals surface area contributed by atoms with Crippen LogP contribution in [-0.4, -0.2) is 36.9 Å². The summed E-state index contributed by atoms with van der Waals surface area (Å²) in [4.78, 5) is 30.2. The molecule has 144 valence electrons. The zero-order chi connectivity index (χ0) is 19.7. The average Bonchev–Trinajstić information content (AvgIpc) is 3.34. The number of likely N-dealkylation sites (tertiary alicyclic amines) is 1. The Hall–Kier alpha value is -3.08. The summed E-state index contributed by atoms with van der Waals surface area (Å²) in [6.07, 6.45) is 2.96. The molecule has 2 aromatic rings. The highest BCUT2D eigenvalue weighted by Crippen LogP contribution is 2.39. The van der Waals surface area contributed by atoms with Gasteiger partial charge in [0.05, 0.1) is 18.4 Å². The third-order valence-corrected chi connectivity index (χ3v) is 5.46. The number of benzene rings is 2. The number of carbonyl (C=O) groups excluding carboxylic acids is 2. The van der Waals surface area contributed by atoms with Crippen molar-refractivity contribution in [3.05, 3.63) is 65.4 Å². The van der Waals surface area contributed by atoms with Gasteiger partial charge in [0.15, 0.2) is 0 Å². The Labute approximate surface area is 165 Å². The molecule has 0 saturated carbocycles. The number of imide groups is 1. The number of methoxy groups -OCH3 is 1. The van der Waals surface area contributed by atoms with Crippen LogP contribution in [0.15, 0.2) is 54.2 Å². The van der Waals surface area contributed by atoms with Crippen molar-refractivity contribution < 1.29 is 14.3 Å². The SMILES string of the molecule is CCc1ccc(N2C(=O)C(c3ccccc3OC)=C(N3CCCC3)C2=O)cc1. The molecule has 2 aliphatic heterocycles. The quantitative estimate of drug-likeness (QED) is 0.748. The van der Waals surface area contributed by atoms with E-state index in [1.807, 2.05) is 53.4 Å². The van der Waals surface area contributed by atoms with Gasteiger partial charge in [-0.15, -0.1) is 0 Å². The molecule has 1 saturated heterocycles. The molecule has 0 spiro atoms. The van der Waals surface area contributed by atoms with E-state index in [9.17, 15) is 9.59 Å². The monoisotopic (exact) mass is 376 g/mol. The predicted octanol–water partition coefficient (Wildman–Crippen LogP) is 3.64. The molecular formula is C23H24N2O3. The van der Waals surface area contributed by atoms with Crippen molar-refractivity contribution in [1.29, 1.82) is 0 Å². The Morgan fingerprint density at radius 3 is 2.25 bits per heavy atom. The molecule has 0 aliphatic carbocycles. The topological polar surface area (TPSA) is 49.9 Å². The number of anilines is 1. The minimum atomic E-state index is -0.291. The van der Waals surface area contributed by atoms with Gasteiger partial charge in [-0.2, -0.15) is 0 Å². The number of nitrogens with zero attached hydrogens (tertiary/aromatic N) is 2. The molecule has 4 rings (SSSR count). The predicted molar refractivity (Wildman–Crippen MR) is 109 cm³/mol. The van der Waals surface area contributed by atoms with Gasteiger partial charge in [0, 0.05) is 18.7 Å². The van der Waals surface area contributed by atoms with E-state index in [0.29, 0.717) is 28.3 Å². The Kier molecular flexibility index (Phi) is 4.90. The molecule has 0 N–H and O–H groups in total. The van der Waals surface area contributed by atoms with Gasteiger partial charge in [0.25, 0.3) is 11.8 Å². The number of ether oxygens (including phenoxy) is 1. The Morgan fingerprint density at radius 1 is 0.929 bits per heavy atom. The first-order valence-corrected chi connectivity index (χ1v) is 9.76. The molecular weight excluding hydrogens is 352 g/mol. The van der Waals surface area contributed by atoms with Crippen molar-refractivity contribution in [2.75, 3.05) is 25.1 Å². The van der Waals surface area contributed by atoms with Gasteiger partial charge in [-0.3, -0.25) is 9.59 Å². The number of rotatable bonds is 5. The number of hydrogen-bond acceptors (Lipinski definition) is 4. The molecule has 2 amide bonds. The van der Waals surface area contributed by atoms with E-state index in [0.717, 1.165) is 32.4 Å². The molecule has 2 aliphatic rings. The maximum absolute atomic E-state index is 13.5. The summed E-state index contributed by atoms with van der Waals surface area (Å²) in [6.45, 7) is 3.65. The molecule has 28 heavy (non-hydrogen) atoms. The molecule has 2 aromatic carbocycles. The maximum atomic E-state index is 13.5. The lowest BCUT2D eigenvalue weighted by atomic mass is 10.0. The molecule has 0 radical (unpaired) electrons. The lowest BCUT2D eigenvalue weighted by molar-refractivity contribution is -0.120. The van der Waals surface area contributed by atoms with Gasteiger partial charge in [-0.1, -0.05) is 37.3 Å². The lowest BCUT2D eigenvalue weighted by Gasteiger charge is -2.20. The summed E-state index contributed by atoms with van der Waals surface area (Å²) in [5, 5.41) is 0. The second-order valence-electron chi connectivity index (χ2n) is 7.08. The van der Waals surface area contributed by atoms with Crippen molar-refractivity contribution in [2.45, 2.75) is 26.2 Å². The van der Waals surface area contributed by atoms with Gasteiger partial charge < -0.3 is 9.64 Å². The van der Waals surface area contributed by atoms with Gasteiger partial charge >= 0.3 is 0 Å². The van der Waals surface area contributed by atoms with Gasteiger partial charge in [0.2, 0.25) is 0 Å². The van der Waals surface area contributed by atoms with Crippen LogP contribution in [0.1, 0.15) is 30.9 Å². The fourth-order valence-corrected chi connectivity index (χ4v) is 3.96. The zero-order valence-electron chi connectivity index (χ0n) is 16.3. The van der Waals surface area contributed by atoms with Gasteiger partial charge in [0.1, 0.15) is 11.4 Å². The molecule has 5 heteroatoms. The average molecular weight is 376 g/mol. The molecule has 1 fully saturated rings. The Morgan fingerprint density at radius 2 is 1.61 bits per heavy atom. The highest BCUT2D eigenvalue weighted by Gasteiger charge is 2.43. The molecule has 2 heterocycles. The van der Waals surface area contributed by atoms with Crippen molar-refractivity contribution >= 4 is 23.1 Å². The normalized spacial score (nSPS) is 17.1. The number of amides is 2. The van der Waals surface area contributed by atoms with Crippen LogP contribution in [0, 0.1) is 0 Å². The first kappa shape index (κ1) is 18.3. The van der Waals surface area contributed by atoms with Crippen LogP contribution in [-0.2, 0) is 16.0 Å². The molecule has 0 unspecified atom stereocenters. The second kappa shape index (κ2) is 7.50. The van der Waals surface area contributed by atoms with Crippen molar-refractivity contribution in [1.82, 2.24) is 4.90 Å². The van der Waals surface area contributed by atoms with Gasteiger partial charge in [-0.05, 0) is 43.0 Å². The van der Waals surface area contributed by atoms with Crippen LogP contribution >= 0.6 is 0 Å². The van der Waals surface area contributed by atoms with Crippen molar-refractivity contribution in [3.63, 3.8) is 0 Å². The fraction of sp³-hybridized carbons (Fsp3) is 0.304. The molecule has 0 bridgehead atoms. The molecule has 0 aromatic heterocycles. The number of aryl methyl sites for hydroxylation is 1. The lowest BCUT2D eigenvalue weighted by Crippen LogP contribution is -2.34. The smallest absolute Gasteiger partial charge is 0.282 e. The molecule has 5 nitrogen and oxygen atoms in total. The maximum Gasteiger partial charge on any atom is 0.282 e. The zero-order valence-corrected chi connectivity index (χ0v) is 16.3. The first-order chi connectivity index (χ1) is 13.7. The van der Waals surface area contributed by atoms with E-state index in [2.05, 4.69) is 6.92 Å². The van der Waals surface area contributed by atoms with Gasteiger partial charge in [-0.25, -0.2) is 4.90 Å². The van der Waals surface area contributed by atoms with Crippen LogP contribution in [0.3, 0.4) is 0 Å². The minimum absolute atomic E-state index is 0.253. The largest absolute Gasteiger partial charge is 0.496 e. The third-order valence-electron chi connectivity index (χ3n) is 5.46. The van der Waals surface area contributed by atoms with Crippen LogP contribution in [0.25, 0.3) is 5.57 Å². The minimum Gasteiger partial charge on any atom is -0.496 e. The second-order valence-corrected chi connectivity index (χ2v) is 7.08. The summed E-state index contributed by atoms with van der Waals surface area (Å²) >= 11 is 0. The molecule has 0 atom stereocenters. The third kappa shape index (κ3) is 2.97. The first-order valence-electron chi connectivity index (χ1n) is 9.76. The standard InChI is InChI=1S/C23H24N2O3/c1-3-16-10-12-17(13-11-16)25-22(26)20(18-8-4-5-9-19(18)28-2)21(23(25)27)24-14-6-7-15-24/h4-5,8-13H,3,6-7,14-15H2,1-2H3. The van der Waals surface area contributed by atoms with E-state index >= 15 is 0 Å². The highest BCUT2D eigenvalue weighted by atomic mass is 16.5. The van der Waals surface area contributed by atoms with Crippen LogP contribution in [0.2, 0.25) is 0 Å². The van der Waals surface area contributed by atoms with E-state index in [1.165, 1.54) is 10.5 Å². The van der Waals surface area contributed by atoms with Crippen LogP contribution in [0.4, 0.5) is 5.69 Å². The van der Waals surface area contributed by atoms with Crippen LogP contribution in [0.5, 0.6) is 5.75 Å². The van der Waals surface area contributed by atoms with Crippen molar-refractivity contribution in [2.24, 2.45) is 0 Å².